The predicted octanol–water partition coefficient (Wildman–Crippen LogP) is 7.76. The fourth-order valence-corrected chi connectivity index (χ4v) is 4.22. The van der Waals surface area contributed by atoms with Gasteiger partial charge < -0.3 is 4.74 Å². The van der Waals surface area contributed by atoms with E-state index in [4.69, 9.17) is 4.74 Å². The third-order valence-electron chi connectivity index (χ3n) is 3.88. The summed E-state index contributed by atoms with van der Waals surface area (Å²) in [5.74, 6) is 0.274. The zero-order valence-electron chi connectivity index (χ0n) is 14.4. The summed E-state index contributed by atoms with van der Waals surface area (Å²) >= 11 is 10.4. The molecule has 2 nitrogen and oxygen atoms in total. The molecule has 0 saturated carbocycles. The molecule has 3 rings (SSSR count). The molecule has 0 heterocycles. The van der Waals surface area contributed by atoms with Gasteiger partial charge in [0.2, 0.25) is 0 Å². The molecule has 0 aliphatic rings. The molecule has 28 heavy (non-hydrogen) atoms. The van der Waals surface area contributed by atoms with Crippen molar-refractivity contribution in [2.75, 3.05) is 0 Å². The number of benzene rings is 3. The Morgan fingerprint density at radius 2 is 1.75 bits per heavy atom. The van der Waals surface area contributed by atoms with Gasteiger partial charge in [-0.15, -0.1) is 0 Å². The summed E-state index contributed by atoms with van der Waals surface area (Å²) in [5.41, 5.74) is 2.77. The quantitative estimate of drug-likeness (QED) is 0.234. The second kappa shape index (κ2) is 9.51. The number of hydrogen-bond acceptors (Lipinski definition) is 2. The number of nitriles is 1. The Bertz CT molecular complexity index is 1070. The number of hydrogen-bond donors (Lipinski definition) is 0. The van der Waals surface area contributed by atoms with Crippen molar-refractivity contribution in [3.8, 4) is 11.8 Å². The normalized spacial score (nSPS) is 11.2. The molecule has 0 saturated heterocycles. The lowest BCUT2D eigenvalue weighted by atomic mass is 10.0. The van der Waals surface area contributed by atoms with Crippen molar-refractivity contribution in [1.29, 1.82) is 5.26 Å². The van der Waals surface area contributed by atoms with E-state index in [-0.39, 0.29) is 12.4 Å². The molecule has 6 heteroatoms. The van der Waals surface area contributed by atoms with Gasteiger partial charge in [0.05, 0.1) is 16.1 Å². The highest BCUT2D eigenvalue weighted by molar-refractivity contribution is 9.11. The predicted molar refractivity (Wildman–Crippen MR) is 120 cm³/mol. The van der Waals surface area contributed by atoms with Crippen LogP contribution in [0, 0.1) is 17.1 Å². The summed E-state index contributed by atoms with van der Waals surface area (Å²) < 4.78 is 21.9. The Kier molecular flexibility index (Phi) is 7.06. The Labute approximate surface area is 188 Å². The Morgan fingerprint density at radius 1 is 1.00 bits per heavy atom. The van der Waals surface area contributed by atoms with Gasteiger partial charge in [-0.1, -0.05) is 56.1 Å². The zero-order valence-corrected chi connectivity index (χ0v) is 19.2. The fraction of sp³-hybridized carbons (Fsp3) is 0.0455. The lowest BCUT2D eigenvalue weighted by Gasteiger charge is -2.13. The van der Waals surface area contributed by atoms with Crippen molar-refractivity contribution in [3.05, 3.63) is 96.6 Å². The lowest BCUT2D eigenvalue weighted by Crippen LogP contribution is -1.99. The number of allylic oxidation sites excluding steroid dienone is 1. The van der Waals surface area contributed by atoms with Crippen molar-refractivity contribution in [3.63, 3.8) is 0 Å². The molecule has 0 bridgehead atoms. The van der Waals surface area contributed by atoms with Gasteiger partial charge in [0.15, 0.2) is 0 Å². The van der Waals surface area contributed by atoms with Crippen LogP contribution in [-0.4, -0.2) is 0 Å². The SMILES string of the molecule is N#C/C(=C\c1cc(Br)cc(Br)c1OCc1cccc(F)c1)c1ccc(Br)cc1. The van der Waals surface area contributed by atoms with Crippen molar-refractivity contribution < 1.29 is 9.13 Å². The Balaban J connectivity index is 1.97. The van der Waals surface area contributed by atoms with Gasteiger partial charge in [-0.2, -0.15) is 5.26 Å². The second-order valence-corrected chi connectivity index (χ2v) is 8.59. The molecule has 0 aliphatic carbocycles. The molecule has 0 amide bonds. The number of nitrogens with zero attached hydrogens (tertiary/aromatic N) is 1. The van der Waals surface area contributed by atoms with Crippen LogP contribution in [0.1, 0.15) is 16.7 Å². The molecule has 0 unspecified atom stereocenters. The molecule has 0 fully saturated rings. The van der Waals surface area contributed by atoms with E-state index in [1.54, 1.807) is 18.2 Å². The first-order valence-electron chi connectivity index (χ1n) is 8.20. The zero-order chi connectivity index (χ0) is 20.1. The third kappa shape index (κ3) is 5.32. The first-order valence-corrected chi connectivity index (χ1v) is 10.6. The minimum Gasteiger partial charge on any atom is -0.487 e. The minimum atomic E-state index is -0.307. The standard InChI is InChI=1S/C22H13Br3FNO/c23-18-6-4-15(5-7-18)17(12-27)9-16-10-19(24)11-21(25)22(16)28-13-14-2-1-3-20(26)8-14/h1-11H,13H2/b17-9+. The van der Waals surface area contributed by atoms with Crippen LogP contribution in [-0.2, 0) is 6.61 Å². The molecule has 0 atom stereocenters. The summed E-state index contributed by atoms with van der Waals surface area (Å²) in [4.78, 5) is 0. The molecule has 3 aromatic rings. The van der Waals surface area contributed by atoms with E-state index in [9.17, 15) is 9.65 Å². The molecular formula is C22H13Br3FNO. The largest absolute Gasteiger partial charge is 0.487 e. The Morgan fingerprint density at radius 3 is 2.43 bits per heavy atom. The van der Waals surface area contributed by atoms with Crippen LogP contribution in [0.25, 0.3) is 11.6 Å². The molecular weight excluding hydrogens is 553 g/mol. The number of halogens is 4. The summed E-state index contributed by atoms with van der Waals surface area (Å²) in [6.07, 6.45) is 1.78. The van der Waals surface area contributed by atoms with Crippen LogP contribution in [0.2, 0.25) is 0 Å². The van der Waals surface area contributed by atoms with Gasteiger partial charge in [0, 0.05) is 14.5 Å². The van der Waals surface area contributed by atoms with Gasteiger partial charge in [-0.05, 0) is 69.5 Å². The van der Waals surface area contributed by atoms with Gasteiger partial charge in [0.1, 0.15) is 18.2 Å². The van der Waals surface area contributed by atoms with Gasteiger partial charge in [0.25, 0.3) is 0 Å². The van der Waals surface area contributed by atoms with Crippen LogP contribution < -0.4 is 4.74 Å². The van der Waals surface area contributed by atoms with Crippen LogP contribution >= 0.6 is 47.8 Å². The van der Waals surface area contributed by atoms with Crippen molar-refractivity contribution in [2.45, 2.75) is 6.61 Å². The molecule has 0 aromatic heterocycles. The van der Waals surface area contributed by atoms with E-state index in [1.807, 2.05) is 36.4 Å². The average Bonchev–Trinajstić information content (AvgIpc) is 2.66. The smallest absolute Gasteiger partial charge is 0.141 e. The van der Waals surface area contributed by atoms with E-state index in [1.165, 1.54) is 12.1 Å². The molecule has 3 aromatic carbocycles. The van der Waals surface area contributed by atoms with Gasteiger partial charge >= 0.3 is 0 Å². The average molecular weight is 566 g/mol. The molecule has 0 N–H and O–H groups in total. The summed E-state index contributed by atoms with van der Waals surface area (Å²) in [6, 6.07) is 19.8. The minimum absolute atomic E-state index is 0.207. The van der Waals surface area contributed by atoms with E-state index in [0.29, 0.717) is 11.3 Å². The highest BCUT2D eigenvalue weighted by atomic mass is 79.9. The van der Waals surface area contributed by atoms with Crippen molar-refractivity contribution in [2.24, 2.45) is 0 Å². The first-order chi connectivity index (χ1) is 13.5. The third-order valence-corrected chi connectivity index (χ3v) is 5.46. The monoisotopic (exact) mass is 563 g/mol. The van der Waals surface area contributed by atoms with Crippen LogP contribution in [0.5, 0.6) is 5.75 Å². The highest BCUT2D eigenvalue weighted by Gasteiger charge is 2.12. The summed E-state index contributed by atoms with van der Waals surface area (Å²) in [5, 5.41) is 9.64. The maximum atomic E-state index is 13.4. The van der Waals surface area contributed by atoms with E-state index in [2.05, 4.69) is 53.9 Å². The second-order valence-electron chi connectivity index (χ2n) is 5.90. The number of rotatable bonds is 5. The van der Waals surface area contributed by atoms with E-state index < -0.39 is 0 Å². The maximum Gasteiger partial charge on any atom is 0.141 e. The topological polar surface area (TPSA) is 33.0 Å². The molecule has 0 aliphatic heterocycles. The van der Waals surface area contributed by atoms with Gasteiger partial charge in [-0.25, -0.2) is 4.39 Å². The highest BCUT2D eigenvalue weighted by Crippen LogP contribution is 2.36. The van der Waals surface area contributed by atoms with Crippen molar-refractivity contribution in [1.82, 2.24) is 0 Å². The summed E-state index contributed by atoms with van der Waals surface area (Å²) in [6.45, 7) is 0.207. The molecule has 0 spiro atoms. The van der Waals surface area contributed by atoms with E-state index in [0.717, 1.165) is 30.1 Å². The fourth-order valence-electron chi connectivity index (χ4n) is 2.59. The summed E-state index contributed by atoms with van der Waals surface area (Å²) in [7, 11) is 0. The van der Waals surface area contributed by atoms with Gasteiger partial charge in [-0.3, -0.25) is 0 Å². The van der Waals surface area contributed by atoms with Crippen molar-refractivity contribution >= 4 is 59.4 Å². The lowest BCUT2D eigenvalue weighted by molar-refractivity contribution is 0.303. The maximum absolute atomic E-state index is 13.4. The number of ether oxygens (including phenoxy) is 1. The van der Waals surface area contributed by atoms with Crippen LogP contribution in [0.4, 0.5) is 4.39 Å². The first kappa shape index (κ1) is 20.8. The van der Waals surface area contributed by atoms with Crippen LogP contribution in [0.3, 0.4) is 0 Å². The molecule has 0 radical (unpaired) electrons. The van der Waals surface area contributed by atoms with E-state index >= 15 is 0 Å². The molecule has 140 valence electrons. The Hall–Kier alpha value is -1.94. The van der Waals surface area contributed by atoms with Crippen LogP contribution in [0.15, 0.2) is 74.1 Å².